The molecule has 4 unspecified atom stereocenters. The molecule has 1 heterocycles. The fourth-order valence-corrected chi connectivity index (χ4v) is 3.45. The molecule has 4 atom stereocenters. The smallest absolute Gasteiger partial charge is 0.158 e. The Hall–Kier alpha value is -0.120. The van der Waals surface area contributed by atoms with Crippen molar-refractivity contribution in [3.63, 3.8) is 0 Å². The Labute approximate surface area is 97.8 Å². The third-order valence-electron chi connectivity index (χ3n) is 4.49. The van der Waals surface area contributed by atoms with E-state index in [4.69, 9.17) is 4.74 Å². The van der Waals surface area contributed by atoms with Crippen LogP contribution in [-0.2, 0) is 4.74 Å². The molecule has 0 spiro atoms. The maximum absolute atomic E-state index is 10.1. The van der Waals surface area contributed by atoms with Crippen LogP contribution in [0.25, 0.3) is 0 Å². The minimum Gasteiger partial charge on any atom is -0.393 e. The van der Waals surface area contributed by atoms with Gasteiger partial charge in [0.25, 0.3) is 0 Å². The average Bonchev–Trinajstić information content (AvgIpc) is 2.19. The van der Waals surface area contributed by atoms with Gasteiger partial charge in [0.05, 0.1) is 12.7 Å². The van der Waals surface area contributed by atoms with Crippen LogP contribution in [0.3, 0.4) is 0 Å². The Morgan fingerprint density at radius 3 is 2.44 bits per heavy atom. The van der Waals surface area contributed by atoms with Crippen LogP contribution in [0, 0.1) is 17.3 Å². The van der Waals surface area contributed by atoms with Crippen molar-refractivity contribution >= 4 is 0 Å². The van der Waals surface area contributed by atoms with Gasteiger partial charge in [-0.15, -0.1) is 0 Å². The van der Waals surface area contributed by atoms with Crippen LogP contribution in [0.4, 0.5) is 0 Å². The van der Waals surface area contributed by atoms with E-state index in [2.05, 4.69) is 13.8 Å². The quantitative estimate of drug-likeness (QED) is 0.721. The van der Waals surface area contributed by atoms with Gasteiger partial charge in [-0.3, -0.25) is 0 Å². The number of aliphatic hydroxyl groups excluding tert-OH is 2. The highest BCUT2D eigenvalue weighted by atomic mass is 16.6. The predicted octanol–water partition coefficient (Wildman–Crippen LogP) is 1.92. The zero-order chi connectivity index (χ0) is 11.8. The van der Waals surface area contributed by atoms with Gasteiger partial charge in [0.1, 0.15) is 0 Å². The summed E-state index contributed by atoms with van der Waals surface area (Å²) in [5.74, 6) is 0.288. The van der Waals surface area contributed by atoms with E-state index in [1.807, 2.05) is 0 Å². The topological polar surface area (TPSA) is 49.7 Å². The number of rotatable bonds is 1. The van der Waals surface area contributed by atoms with Crippen LogP contribution in [0.5, 0.6) is 0 Å². The van der Waals surface area contributed by atoms with Crippen molar-refractivity contribution in [2.45, 2.75) is 58.3 Å². The molecule has 2 N–H and O–H groups in total. The highest BCUT2D eigenvalue weighted by Crippen LogP contribution is 2.46. The summed E-state index contributed by atoms with van der Waals surface area (Å²) in [4.78, 5) is 0. The lowest BCUT2D eigenvalue weighted by molar-refractivity contribution is -0.223. The Morgan fingerprint density at radius 2 is 1.81 bits per heavy atom. The molecule has 2 fully saturated rings. The predicted molar refractivity (Wildman–Crippen MR) is 61.8 cm³/mol. The molecule has 1 aliphatic heterocycles. The van der Waals surface area contributed by atoms with Gasteiger partial charge in [-0.25, -0.2) is 0 Å². The number of ether oxygens (including phenoxy) is 1. The van der Waals surface area contributed by atoms with Crippen LogP contribution < -0.4 is 0 Å². The molecule has 1 aliphatic carbocycles. The maximum atomic E-state index is 10.1. The Morgan fingerprint density at radius 1 is 1.12 bits per heavy atom. The summed E-state index contributed by atoms with van der Waals surface area (Å²) in [6.45, 7) is 5.00. The van der Waals surface area contributed by atoms with E-state index < -0.39 is 6.29 Å². The lowest BCUT2D eigenvalue weighted by atomic mass is 9.64. The molecule has 0 aromatic rings. The monoisotopic (exact) mass is 228 g/mol. The first-order valence-corrected chi connectivity index (χ1v) is 6.50. The summed E-state index contributed by atoms with van der Waals surface area (Å²) in [6.07, 6.45) is 4.20. The molecule has 0 bridgehead atoms. The summed E-state index contributed by atoms with van der Waals surface area (Å²) < 4.78 is 5.37. The molecule has 2 aliphatic rings. The van der Waals surface area contributed by atoms with Crippen molar-refractivity contribution < 1.29 is 14.9 Å². The zero-order valence-corrected chi connectivity index (χ0v) is 10.4. The first-order chi connectivity index (χ1) is 7.52. The molecular formula is C13H24O3. The largest absolute Gasteiger partial charge is 0.393 e. The second-order valence-corrected chi connectivity index (χ2v) is 6.04. The van der Waals surface area contributed by atoms with E-state index in [-0.39, 0.29) is 23.4 Å². The average molecular weight is 228 g/mol. The van der Waals surface area contributed by atoms with Gasteiger partial charge in [-0.2, -0.15) is 0 Å². The Kier molecular flexibility index (Phi) is 3.57. The minimum absolute atomic E-state index is 0.0701. The third-order valence-corrected chi connectivity index (χ3v) is 4.49. The van der Waals surface area contributed by atoms with Crippen molar-refractivity contribution in [3.05, 3.63) is 0 Å². The van der Waals surface area contributed by atoms with Crippen LogP contribution in [0.2, 0.25) is 0 Å². The standard InChI is InChI=1S/C13H24O3/c1-13(2)7-8-16-12(15)11(13)9-5-3-4-6-10(9)14/h9-12,14-15H,3-8H2,1-2H3. The van der Waals surface area contributed by atoms with E-state index in [0.717, 1.165) is 25.7 Å². The van der Waals surface area contributed by atoms with Crippen molar-refractivity contribution in [3.8, 4) is 0 Å². The van der Waals surface area contributed by atoms with E-state index in [0.29, 0.717) is 6.61 Å². The molecule has 2 rings (SSSR count). The van der Waals surface area contributed by atoms with Gasteiger partial charge in [0, 0.05) is 5.92 Å². The normalized spacial score (nSPS) is 44.2. The van der Waals surface area contributed by atoms with Crippen LogP contribution in [0.15, 0.2) is 0 Å². The van der Waals surface area contributed by atoms with Crippen molar-refractivity contribution in [2.75, 3.05) is 6.61 Å². The Bertz CT molecular complexity index is 239. The third kappa shape index (κ3) is 2.27. The summed E-state index contributed by atoms with van der Waals surface area (Å²) in [6, 6.07) is 0. The first-order valence-electron chi connectivity index (χ1n) is 6.50. The molecule has 0 amide bonds. The summed E-state index contributed by atoms with van der Waals surface area (Å²) in [5, 5.41) is 20.1. The van der Waals surface area contributed by atoms with Crippen molar-refractivity contribution in [1.29, 1.82) is 0 Å². The molecule has 94 valence electrons. The van der Waals surface area contributed by atoms with Gasteiger partial charge >= 0.3 is 0 Å². The van der Waals surface area contributed by atoms with Crippen LogP contribution >= 0.6 is 0 Å². The summed E-state index contributed by atoms with van der Waals surface area (Å²) >= 11 is 0. The summed E-state index contributed by atoms with van der Waals surface area (Å²) in [7, 11) is 0. The van der Waals surface area contributed by atoms with Gasteiger partial charge < -0.3 is 14.9 Å². The second kappa shape index (κ2) is 4.63. The van der Waals surface area contributed by atoms with Gasteiger partial charge in [-0.05, 0) is 30.6 Å². The van der Waals surface area contributed by atoms with Crippen molar-refractivity contribution in [2.24, 2.45) is 17.3 Å². The molecule has 1 saturated heterocycles. The Balaban J connectivity index is 2.14. The number of hydrogen-bond acceptors (Lipinski definition) is 3. The second-order valence-electron chi connectivity index (χ2n) is 6.04. The van der Waals surface area contributed by atoms with Gasteiger partial charge in [0.15, 0.2) is 6.29 Å². The highest BCUT2D eigenvalue weighted by Gasteiger charge is 2.46. The molecule has 3 nitrogen and oxygen atoms in total. The molecule has 0 aromatic heterocycles. The molecule has 1 saturated carbocycles. The van der Waals surface area contributed by atoms with E-state index in [9.17, 15) is 10.2 Å². The summed E-state index contributed by atoms with van der Waals surface area (Å²) in [5.41, 5.74) is 0.0701. The zero-order valence-electron chi connectivity index (χ0n) is 10.4. The highest BCUT2D eigenvalue weighted by molar-refractivity contribution is 4.92. The molecular weight excluding hydrogens is 204 g/mol. The van der Waals surface area contributed by atoms with Crippen LogP contribution in [-0.4, -0.2) is 29.2 Å². The number of hydrogen-bond donors (Lipinski definition) is 2. The van der Waals surface area contributed by atoms with Crippen LogP contribution in [0.1, 0.15) is 46.0 Å². The fourth-order valence-electron chi connectivity index (χ4n) is 3.45. The minimum atomic E-state index is -0.693. The molecule has 0 aromatic carbocycles. The van der Waals surface area contributed by atoms with E-state index in [1.54, 1.807) is 0 Å². The molecule has 0 radical (unpaired) electrons. The maximum Gasteiger partial charge on any atom is 0.158 e. The first kappa shape index (κ1) is 12.3. The lowest BCUT2D eigenvalue weighted by Gasteiger charge is -2.48. The van der Waals surface area contributed by atoms with E-state index in [1.165, 1.54) is 6.42 Å². The fraction of sp³-hybridized carbons (Fsp3) is 1.00. The number of aliphatic hydroxyl groups is 2. The van der Waals surface area contributed by atoms with Gasteiger partial charge in [-0.1, -0.05) is 26.7 Å². The molecule has 3 heteroatoms. The van der Waals surface area contributed by atoms with Gasteiger partial charge in [0.2, 0.25) is 0 Å². The van der Waals surface area contributed by atoms with E-state index >= 15 is 0 Å². The SMILES string of the molecule is CC1(C)CCOC(O)C1C1CCCCC1O. The lowest BCUT2D eigenvalue weighted by Crippen LogP contribution is -2.49. The van der Waals surface area contributed by atoms with Crippen molar-refractivity contribution in [1.82, 2.24) is 0 Å². The molecule has 16 heavy (non-hydrogen) atoms.